The normalized spacial score (nSPS) is 12.3. The van der Waals surface area contributed by atoms with Crippen LogP contribution in [0.3, 0.4) is 0 Å². The van der Waals surface area contributed by atoms with E-state index in [-0.39, 0.29) is 0 Å². The third kappa shape index (κ3) is 8.32. The molecule has 0 saturated carbocycles. The summed E-state index contributed by atoms with van der Waals surface area (Å²) in [5, 5.41) is 0. The van der Waals surface area contributed by atoms with E-state index in [2.05, 4.69) is 0 Å². The van der Waals surface area contributed by atoms with Gasteiger partial charge in [0.1, 0.15) is 0 Å². The van der Waals surface area contributed by atoms with Gasteiger partial charge in [-0.1, -0.05) is 0 Å². The number of rotatable bonds is 12. The van der Waals surface area contributed by atoms with Crippen LogP contribution in [0.1, 0.15) is 0 Å². The van der Waals surface area contributed by atoms with Crippen molar-refractivity contribution >= 4 is 27.9 Å². The molecule has 0 aliphatic carbocycles. The minimum absolute atomic E-state index is 0.421. The second-order valence-electron chi connectivity index (χ2n) is 4.28. The Morgan fingerprint density at radius 1 is 0.526 bits per heavy atom. The summed E-state index contributed by atoms with van der Waals surface area (Å²) in [6.07, 6.45) is 0. The lowest BCUT2D eigenvalue weighted by molar-refractivity contribution is 0.250. The maximum atomic E-state index is 5.41. The lowest BCUT2D eigenvalue weighted by Crippen LogP contribution is -2.32. The van der Waals surface area contributed by atoms with E-state index in [1.165, 1.54) is 0 Å². The van der Waals surface area contributed by atoms with E-state index in [9.17, 15) is 0 Å². The SMILES string of the molecule is CO[SiH](CC(C[SiH](OC)OC)C[SiH](OC)OC)OC. The summed E-state index contributed by atoms with van der Waals surface area (Å²) >= 11 is 0. The molecule has 0 aromatic carbocycles. The Morgan fingerprint density at radius 3 is 0.895 bits per heavy atom. The van der Waals surface area contributed by atoms with Gasteiger partial charge in [-0.3, -0.25) is 0 Å². The topological polar surface area (TPSA) is 55.4 Å². The monoisotopic (exact) mass is 328 g/mol. The fourth-order valence-electron chi connectivity index (χ4n) is 1.97. The fraction of sp³-hybridized carbons (Fsp3) is 1.00. The van der Waals surface area contributed by atoms with E-state index in [1.807, 2.05) is 0 Å². The van der Waals surface area contributed by atoms with Gasteiger partial charge in [-0.2, -0.15) is 0 Å². The smallest absolute Gasteiger partial charge is 0.321 e. The lowest BCUT2D eigenvalue weighted by atomic mass is 10.3. The quantitative estimate of drug-likeness (QED) is 0.475. The first-order valence-corrected chi connectivity index (χ1v) is 11.6. The van der Waals surface area contributed by atoms with Crippen LogP contribution in [0.5, 0.6) is 0 Å². The van der Waals surface area contributed by atoms with Crippen LogP contribution in [-0.2, 0) is 26.6 Å². The predicted molar refractivity (Wildman–Crippen MR) is 81.4 cm³/mol. The molecule has 0 unspecified atom stereocenters. The van der Waals surface area contributed by atoms with Crippen molar-refractivity contribution in [1.82, 2.24) is 0 Å². The van der Waals surface area contributed by atoms with Gasteiger partial charge in [0.25, 0.3) is 0 Å². The average Bonchev–Trinajstić information content (AvgIpc) is 2.46. The van der Waals surface area contributed by atoms with Gasteiger partial charge in [0.2, 0.25) is 0 Å². The average molecular weight is 329 g/mol. The molecule has 0 fully saturated rings. The van der Waals surface area contributed by atoms with Crippen molar-refractivity contribution in [3.8, 4) is 0 Å². The van der Waals surface area contributed by atoms with Crippen LogP contribution in [-0.4, -0.2) is 70.5 Å². The van der Waals surface area contributed by atoms with Crippen molar-refractivity contribution in [1.29, 1.82) is 0 Å². The van der Waals surface area contributed by atoms with Crippen molar-refractivity contribution in [3.63, 3.8) is 0 Å². The van der Waals surface area contributed by atoms with Gasteiger partial charge in [0, 0.05) is 42.7 Å². The lowest BCUT2D eigenvalue weighted by Gasteiger charge is -2.24. The first kappa shape index (κ1) is 19.4. The predicted octanol–water partition coefficient (Wildman–Crippen LogP) is 0.142. The fourth-order valence-corrected chi connectivity index (χ4v) is 7.65. The molecule has 0 aliphatic rings. The summed E-state index contributed by atoms with van der Waals surface area (Å²) in [6, 6.07) is 2.79. The van der Waals surface area contributed by atoms with Crippen molar-refractivity contribution in [2.75, 3.05) is 42.7 Å². The zero-order chi connectivity index (χ0) is 14.7. The van der Waals surface area contributed by atoms with Crippen molar-refractivity contribution < 1.29 is 26.6 Å². The van der Waals surface area contributed by atoms with Crippen LogP contribution in [0.25, 0.3) is 0 Å². The van der Waals surface area contributed by atoms with E-state index in [0.717, 1.165) is 18.1 Å². The zero-order valence-corrected chi connectivity index (χ0v) is 16.3. The maximum absolute atomic E-state index is 5.41. The zero-order valence-electron chi connectivity index (χ0n) is 12.9. The van der Waals surface area contributed by atoms with Gasteiger partial charge in [-0.25, -0.2) is 0 Å². The first-order chi connectivity index (χ1) is 9.14. The Bertz CT molecular complexity index is 166. The minimum Gasteiger partial charge on any atom is -0.400 e. The largest absolute Gasteiger partial charge is 0.400 e. The van der Waals surface area contributed by atoms with E-state index in [1.54, 1.807) is 42.7 Å². The van der Waals surface area contributed by atoms with Crippen LogP contribution in [0.15, 0.2) is 0 Å². The molecule has 0 saturated heterocycles. The highest BCUT2D eigenvalue weighted by Crippen LogP contribution is 2.23. The van der Waals surface area contributed by atoms with Crippen molar-refractivity contribution in [2.24, 2.45) is 5.92 Å². The first-order valence-electron chi connectivity index (χ1n) is 6.31. The van der Waals surface area contributed by atoms with Gasteiger partial charge in [-0.05, 0) is 24.1 Å². The molecule has 0 N–H and O–H groups in total. The van der Waals surface area contributed by atoms with Crippen LogP contribution in [0.2, 0.25) is 18.1 Å². The van der Waals surface area contributed by atoms with Gasteiger partial charge < -0.3 is 26.6 Å². The maximum Gasteiger partial charge on any atom is 0.321 e. The second kappa shape index (κ2) is 12.2. The molecule has 0 radical (unpaired) electrons. The highest BCUT2D eigenvalue weighted by atomic mass is 28.3. The van der Waals surface area contributed by atoms with Gasteiger partial charge in [0.15, 0.2) is 0 Å². The third-order valence-electron chi connectivity index (χ3n) is 3.15. The highest BCUT2D eigenvalue weighted by molar-refractivity contribution is 6.48. The van der Waals surface area contributed by atoms with Gasteiger partial charge in [0.05, 0.1) is 0 Å². The molecule has 0 rings (SSSR count). The molecule has 0 bridgehead atoms. The van der Waals surface area contributed by atoms with E-state index in [4.69, 9.17) is 26.6 Å². The standard InChI is InChI=1S/C10H28O6Si3/c1-11-17(12-2)7-10(8-18(13-3)14-4)9-19(15-5)16-6/h10,17-19H,7-9H2,1-6H3. The minimum atomic E-state index is -1.59. The molecule has 9 heteroatoms. The number of hydrogen-bond acceptors (Lipinski definition) is 6. The van der Waals surface area contributed by atoms with E-state index < -0.39 is 27.9 Å². The molecule has 0 atom stereocenters. The molecule has 0 aromatic heterocycles. The Hall–Kier alpha value is 0.411. The Balaban J connectivity index is 4.51. The van der Waals surface area contributed by atoms with E-state index >= 15 is 0 Å². The molecular formula is C10H28O6Si3. The molecular weight excluding hydrogens is 300 g/mol. The van der Waals surface area contributed by atoms with Gasteiger partial charge in [-0.15, -0.1) is 0 Å². The van der Waals surface area contributed by atoms with Crippen molar-refractivity contribution in [2.45, 2.75) is 18.1 Å². The summed E-state index contributed by atoms with van der Waals surface area (Å²) in [5.74, 6) is 0.421. The van der Waals surface area contributed by atoms with Crippen LogP contribution in [0, 0.1) is 5.92 Å². The number of hydrogen-bond donors (Lipinski definition) is 0. The molecule has 0 amide bonds. The molecule has 116 valence electrons. The van der Waals surface area contributed by atoms with Gasteiger partial charge >= 0.3 is 27.9 Å². The summed E-state index contributed by atoms with van der Waals surface area (Å²) in [4.78, 5) is 0. The Kier molecular flexibility index (Phi) is 12.4. The van der Waals surface area contributed by atoms with Crippen LogP contribution < -0.4 is 0 Å². The van der Waals surface area contributed by atoms with Crippen LogP contribution in [0.4, 0.5) is 0 Å². The summed E-state index contributed by atoms with van der Waals surface area (Å²) in [5.41, 5.74) is 0. The van der Waals surface area contributed by atoms with Crippen LogP contribution >= 0.6 is 0 Å². The van der Waals surface area contributed by atoms with E-state index in [0.29, 0.717) is 5.92 Å². The second-order valence-corrected chi connectivity index (χ2v) is 11.1. The molecule has 0 aromatic rings. The molecule has 19 heavy (non-hydrogen) atoms. The third-order valence-corrected chi connectivity index (χ3v) is 9.46. The summed E-state index contributed by atoms with van der Waals surface area (Å²) in [6.45, 7) is 0. The Labute approximate surface area is 121 Å². The molecule has 0 spiro atoms. The Morgan fingerprint density at radius 2 is 0.737 bits per heavy atom. The summed E-state index contributed by atoms with van der Waals surface area (Å²) in [7, 11) is 5.48. The molecule has 6 nitrogen and oxygen atoms in total. The molecule has 0 aliphatic heterocycles. The summed E-state index contributed by atoms with van der Waals surface area (Å²) < 4.78 is 32.5. The molecule has 0 heterocycles. The van der Waals surface area contributed by atoms with Crippen molar-refractivity contribution in [3.05, 3.63) is 0 Å². The highest BCUT2D eigenvalue weighted by Gasteiger charge is 2.27.